The summed E-state index contributed by atoms with van der Waals surface area (Å²) in [6.45, 7) is 2.18. The summed E-state index contributed by atoms with van der Waals surface area (Å²) in [6, 6.07) is 4.67. The number of ether oxygens (including phenoxy) is 1. The van der Waals surface area contributed by atoms with Crippen molar-refractivity contribution < 1.29 is 22.7 Å². The Hall–Kier alpha value is -2.85. The molecule has 1 aromatic heterocycles. The number of benzene rings is 1. The number of hydrogen-bond acceptors (Lipinski definition) is 7. The molecule has 0 bridgehead atoms. The molecule has 1 saturated heterocycles. The van der Waals surface area contributed by atoms with Crippen LogP contribution in [0.3, 0.4) is 0 Å². The predicted octanol–water partition coefficient (Wildman–Crippen LogP) is 1.76. The molecule has 1 aliphatic rings. The second-order valence-electron chi connectivity index (χ2n) is 6.66. The van der Waals surface area contributed by atoms with Crippen LogP contribution < -0.4 is 5.32 Å². The number of aryl methyl sites for hydroxylation is 1. The number of hydrogen-bond donors (Lipinski definition) is 1. The topological polar surface area (TPSA) is 119 Å². The molecule has 0 saturated carbocycles. The Morgan fingerprint density at radius 1 is 1.17 bits per heavy atom. The van der Waals surface area contributed by atoms with E-state index < -0.39 is 28.5 Å². The molecule has 0 unspecified atom stereocenters. The predicted molar refractivity (Wildman–Crippen MR) is 105 cm³/mol. The Bertz CT molecular complexity index is 989. The zero-order valence-electron chi connectivity index (χ0n) is 16.0. The lowest BCUT2D eigenvalue weighted by Gasteiger charge is -2.26. The molecule has 0 radical (unpaired) electrons. The van der Waals surface area contributed by atoms with Gasteiger partial charge in [0.1, 0.15) is 0 Å². The first-order valence-corrected chi connectivity index (χ1v) is 10.7. The molecular weight excluding hydrogens is 396 g/mol. The van der Waals surface area contributed by atoms with Gasteiger partial charge >= 0.3 is 5.97 Å². The highest BCUT2D eigenvalue weighted by atomic mass is 32.2. The third-order valence-corrected chi connectivity index (χ3v) is 6.55. The Labute approximate surface area is 169 Å². The molecule has 3 rings (SSSR count). The number of nitrogens with one attached hydrogen (secondary N) is 1. The van der Waals surface area contributed by atoms with Gasteiger partial charge in [-0.05, 0) is 37.5 Å². The first kappa shape index (κ1) is 20.9. The maximum Gasteiger partial charge on any atom is 0.359 e. The van der Waals surface area contributed by atoms with Gasteiger partial charge in [0.05, 0.1) is 11.1 Å². The minimum absolute atomic E-state index is 0.00875. The minimum atomic E-state index is -3.63. The summed E-state index contributed by atoms with van der Waals surface area (Å²) < 4.78 is 32.3. The second kappa shape index (κ2) is 9.10. The average molecular weight is 418 g/mol. The zero-order valence-corrected chi connectivity index (χ0v) is 16.8. The molecule has 1 fully saturated rings. The van der Waals surface area contributed by atoms with Crippen LogP contribution in [0, 0.1) is 6.92 Å². The van der Waals surface area contributed by atoms with E-state index in [4.69, 9.17) is 4.74 Å². The summed E-state index contributed by atoms with van der Waals surface area (Å²) in [5.74, 6) is -1.36. The normalized spacial score (nSPS) is 14.9. The van der Waals surface area contributed by atoms with E-state index in [1.165, 1.54) is 29.0 Å². The Balaban J connectivity index is 1.66. The van der Waals surface area contributed by atoms with E-state index in [0.717, 1.165) is 19.3 Å². The molecule has 2 aromatic rings. The number of piperidine rings is 1. The van der Waals surface area contributed by atoms with Gasteiger partial charge in [-0.15, -0.1) is 0 Å². The van der Waals surface area contributed by atoms with Gasteiger partial charge in [-0.2, -0.15) is 4.31 Å². The van der Waals surface area contributed by atoms with Crippen molar-refractivity contribution in [1.29, 1.82) is 0 Å². The number of anilines is 1. The Morgan fingerprint density at radius 3 is 2.62 bits per heavy atom. The summed E-state index contributed by atoms with van der Waals surface area (Å²) in [5.41, 5.74) is 0.903. The van der Waals surface area contributed by atoms with Crippen molar-refractivity contribution in [2.75, 3.05) is 25.0 Å². The molecule has 1 N–H and O–H groups in total. The van der Waals surface area contributed by atoms with Crippen LogP contribution >= 0.6 is 0 Å². The summed E-state index contributed by atoms with van der Waals surface area (Å²) >= 11 is 0. The number of carbonyl (C=O) groups excluding carboxylic acids is 2. The quantitative estimate of drug-likeness (QED) is 0.710. The van der Waals surface area contributed by atoms with Crippen molar-refractivity contribution in [3.8, 4) is 0 Å². The van der Waals surface area contributed by atoms with Crippen LogP contribution in [0.25, 0.3) is 0 Å². The standard InChI is InChI=1S/C19H22N4O5S/c1-14-5-6-15(11-17(14)29(26,27)23-9-3-2-4-10-23)22-18(24)13-28-19(25)16-12-20-7-8-21-16/h5-8,11-12H,2-4,9-10,13H2,1H3,(H,22,24). The van der Waals surface area contributed by atoms with E-state index in [-0.39, 0.29) is 10.6 Å². The van der Waals surface area contributed by atoms with Crippen molar-refractivity contribution in [2.45, 2.75) is 31.1 Å². The van der Waals surface area contributed by atoms with Crippen LogP contribution in [0.4, 0.5) is 5.69 Å². The van der Waals surface area contributed by atoms with Gasteiger partial charge in [0.25, 0.3) is 5.91 Å². The smallest absolute Gasteiger partial charge is 0.359 e. The number of sulfonamides is 1. The Kier molecular flexibility index (Phi) is 6.55. The lowest BCUT2D eigenvalue weighted by atomic mass is 10.2. The van der Waals surface area contributed by atoms with Gasteiger partial charge in [0.2, 0.25) is 10.0 Å². The van der Waals surface area contributed by atoms with E-state index in [1.54, 1.807) is 19.1 Å². The van der Waals surface area contributed by atoms with E-state index in [1.807, 2.05) is 0 Å². The van der Waals surface area contributed by atoms with E-state index in [2.05, 4.69) is 15.3 Å². The monoisotopic (exact) mass is 418 g/mol. The van der Waals surface area contributed by atoms with Crippen molar-refractivity contribution in [1.82, 2.24) is 14.3 Å². The summed E-state index contributed by atoms with van der Waals surface area (Å²) in [4.78, 5) is 31.6. The van der Waals surface area contributed by atoms with Crippen LogP contribution in [-0.4, -0.2) is 54.3 Å². The van der Waals surface area contributed by atoms with Crippen LogP contribution in [0.15, 0.2) is 41.7 Å². The van der Waals surface area contributed by atoms with Crippen LogP contribution in [0.5, 0.6) is 0 Å². The SMILES string of the molecule is Cc1ccc(NC(=O)COC(=O)c2cnccn2)cc1S(=O)(=O)N1CCCCC1. The molecule has 0 atom stereocenters. The minimum Gasteiger partial charge on any atom is -0.451 e. The van der Waals surface area contributed by atoms with E-state index in [0.29, 0.717) is 24.3 Å². The average Bonchev–Trinajstić information content (AvgIpc) is 2.74. The zero-order chi connectivity index (χ0) is 20.9. The van der Waals surface area contributed by atoms with Gasteiger partial charge in [-0.3, -0.25) is 9.78 Å². The number of nitrogens with zero attached hydrogens (tertiary/aromatic N) is 3. The highest BCUT2D eigenvalue weighted by molar-refractivity contribution is 7.89. The largest absolute Gasteiger partial charge is 0.451 e. The lowest BCUT2D eigenvalue weighted by molar-refractivity contribution is -0.119. The Morgan fingerprint density at radius 2 is 1.93 bits per heavy atom. The van der Waals surface area contributed by atoms with Crippen LogP contribution in [0.2, 0.25) is 0 Å². The fourth-order valence-corrected chi connectivity index (χ4v) is 4.77. The van der Waals surface area contributed by atoms with Gasteiger partial charge in [-0.1, -0.05) is 12.5 Å². The van der Waals surface area contributed by atoms with Crippen LogP contribution in [0.1, 0.15) is 35.3 Å². The van der Waals surface area contributed by atoms with Crippen molar-refractivity contribution in [2.24, 2.45) is 0 Å². The van der Waals surface area contributed by atoms with E-state index in [9.17, 15) is 18.0 Å². The second-order valence-corrected chi connectivity index (χ2v) is 8.57. The fraction of sp³-hybridized carbons (Fsp3) is 0.368. The molecular formula is C19H22N4O5S. The molecule has 29 heavy (non-hydrogen) atoms. The fourth-order valence-electron chi connectivity index (χ4n) is 3.01. The number of carbonyl (C=O) groups is 2. The van der Waals surface area contributed by atoms with Crippen LogP contribution in [-0.2, 0) is 19.6 Å². The van der Waals surface area contributed by atoms with Crippen molar-refractivity contribution in [3.63, 3.8) is 0 Å². The molecule has 2 heterocycles. The number of rotatable bonds is 6. The maximum absolute atomic E-state index is 12.9. The molecule has 10 heteroatoms. The summed E-state index contributed by atoms with van der Waals surface area (Å²) in [7, 11) is -3.63. The lowest BCUT2D eigenvalue weighted by Crippen LogP contribution is -2.36. The summed E-state index contributed by atoms with van der Waals surface area (Å²) in [5, 5.41) is 2.56. The first-order chi connectivity index (χ1) is 13.9. The molecule has 1 amide bonds. The molecule has 0 spiro atoms. The number of esters is 1. The molecule has 154 valence electrons. The third-order valence-electron chi connectivity index (χ3n) is 4.51. The highest BCUT2D eigenvalue weighted by Crippen LogP contribution is 2.26. The van der Waals surface area contributed by atoms with Gasteiger partial charge in [0, 0.05) is 31.2 Å². The molecule has 9 nitrogen and oxygen atoms in total. The van der Waals surface area contributed by atoms with Gasteiger partial charge in [-0.25, -0.2) is 18.2 Å². The van der Waals surface area contributed by atoms with Gasteiger partial charge in [0.15, 0.2) is 12.3 Å². The maximum atomic E-state index is 12.9. The third kappa shape index (κ3) is 5.15. The highest BCUT2D eigenvalue weighted by Gasteiger charge is 2.27. The van der Waals surface area contributed by atoms with Crippen molar-refractivity contribution in [3.05, 3.63) is 48.0 Å². The molecule has 1 aliphatic heterocycles. The molecule has 0 aliphatic carbocycles. The van der Waals surface area contributed by atoms with Gasteiger partial charge < -0.3 is 10.1 Å². The number of aromatic nitrogens is 2. The van der Waals surface area contributed by atoms with Crippen molar-refractivity contribution >= 4 is 27.6 Å². The first-order valence-electron chi connectivity index (χ1n) is 9.22. The summed E-state index contributed by atoms with van der Waals surface area (Å²) in [6.07, 6.45) is 6.69. The molecule has 1 aromatic carbocycles. The number of amides is 1. The van der Waals surface area contributed by atoms with E-state index >= 15 is 0 Å².